The highest BCUT2D eigenvalue weighted by Gasteiger charge is 2.13. The van der Waals surface area contributed by atoms with Crippen LogP contribution in [0.1, 0.15) is 12.0 Å². The zero-order valence-electron chi connectivity index (χ0n) is 11.6. The molecule has 112 valence electrons. The first-order chi connectivity index (χ1) is 9.88. The Morgan fingerprint density at radius 3 is 2.43 bits per heavy atom. The number of pyridine rings is 1. The van der Waals surface area contributed by atoms with E-state index >= 15 is 0 Å². The third kappa shape index (κ3) is 4.01. The molecule has 1 heterocycles. The molecule has 6 heteroatoms. The van der Waals surface area contributed by atoms with Crippen LogP contribution in [0.4, 0.5) is 4.39 Å². The number of hydrogen-bond acceptors (Lipinski definition) is 3. The zero-order chi connectivity index (χ0) is 15.5. The van der Waals surface area contributed by atoms with E-state index in [4.69, 9.17) is 0 Å². The average molecular weight is 309 g/mol. The molecule has 0 aliphatic heterocycles. The van der Waals surface area contributed by atoms with Gasteiger partial charge in [-0.25, -0.2) is 12.8 Å². The van der Waals surface area contributed by atoms with Crippen molar-refractivity contribution in [1.29, 1.82) is 0 Å². The van der Waals surface area contributed by atoms with Crippen LogP contribution in [0.5, 0.6) is 0 Å². The highest BCUT2D eigenvalue weighted by atomic mass is 32.2. The topological polar surface area (TPSA) is 56.1 Å². The van der Waals surface area contributed by atoms with E-state index in [1.54, 1.807) is 24.3 Å². The molecule has 2 aromatic rings. The Morgan fingerprint density at radius 1 is 1.10 bits per heavy atom. The summed E-state index contributed by atoms with van der Waals surface area (Å²) < 4.78 is 38.5. The van der Waals surface area contributed by atoms with Gasteiger partial charge in [-0.3, -0.25) is 4.79 Å². The molecule has 4 nitrogen and oxygen atoms in total. The normalized spacial score (nSPS) is 11.5. The standard InChI is InChI=1S/C15H16FNO3S/c1-12-3-6-14(7-4-12)21(19,20)10-2-9-17-11-13(16)5-8-15(17)18/h3-8,11H,2,9-10H2,1H3. The van der Waals surface area contributed by atoms with Gasteiger partial charge in [0.2, 0.25) is 0 Å². The Hall–Kier alpha value is -1.95. The second-order valence-electron chi connectivity index (χ2n) is 4.86. The van der Waals surface area contributed by atoms with Gasteiger partial charge >= 0.3 is 0 Å². The van der Waals surface area contributed by atoms with Gasteiger partial charge in [-0.15, -0.1) is 0 Å². The third-order valence-electron chi connectivity index (χ3n) is 3.14. The second kappa shape index (κ2) is 6.22. The van der Waals surface area contributed by atoms with Crippen molar-refractivity contribution in [2.45, 2.75) is 24.8 Å². The highest BCUT2D eigenvalue weighted by Crippen LogP contribution is 2.13. The molecule has 0 atom stereocenters. The first-order valence-electron chi connectivity index (χ1n) is 6.54. The lowest BCUT2D eigenvalue weighted by Gasteiger charge is -2.07. The summed E-state index contributed by atoms with van der Waals surface area (Å²) >= 11 is 0. The van der Waals surface area contributed by atoms with Crippen LogP contribution in [-0.4, -0.2) is 18.7 Å². The summed E-state index contributed by atoms with van der Waals surface area (Å²) in [5, 5.41) is 0. The van der Waals surface area contributed by atoms with Gasteiger partial charge in [-0.2, -0.15) is 0 Å². The number of sulfone groups is 1. The molecule has 0 amide bonds. The molecule has 1 aromatic heterocycles. The van der Waals surface area contributed by atoms with E-state index in [-0.39, 0.29) is 29.2 Å². The molecule has 0 saturated heterocycles. The minimum atomic E-state index is -3.38. The van der Waals surface area contributed by atoms with E-state index in [1.807, 2.05) is 6.92 Å². The predicted molar refractivity (Wildman–Crippen MR) is 78.5 cm³/mol. The van der Waals surface area contributed by atoms with Crippen molar-refractivity contribution >= 4 is 9.84 Å². The van der Waals surface area contributed by atoms with Crippen LogP contribution in [0.2, 0.25) is 0 Å². The lowest BCUT2D eigenvalue weighted by Crippen LogP contribution is -2.20. The predicted octanol–water partition coefficient (Wildman–Crippen LogP) is 2.16. The van der Waals surface area contributed by atoms with Gasteiger partial charge in [0.05, 0.1) is 10.6 Å². The Morgan fingerprint density at radius 2 is 1.76 bits per heavy atom. The molecule has 0 saturated carbocycles. The number of aryl methyl sites for hydroxylation is 2. The number of halogens is 1. The van der Waals surface area contributed by atoms with Crippen molar-refractivity contribution in [2.24, 2.45) is 0 Å². The highest BCUT2D eigenvalue weighted by molar-refractivity contribution is 7.91. The largest absolute Gasteiger partial charge is 0.313 e. The van der Waals surface area contributed by atoms with E-state index < -0.39 is 15.7 Å². The summed E-state index contributed by atoms with van der Waals surface area (Å²) in [6, 6.07) is 8.83. The van der Waals surface area contributed by atoms with Crippen molar-refractivity contribution in [3.8, 4) is 0 Å². The van der Waals surface area contributed by atoms with Gasteiger partial charge < -0.3 is 4.57 Å². The van der Waals surface area contributed by atoms with Crippen LogP contribution < -0.4 is 5.56 Å². The molecule has 0 N–H and O–H groups in total. The summed E-state index contributed by atoms with van der Waals surface area (Å²) in [6.07, 6.45) is 1.33. The smallest absolute Gasteiger partial charge is 0.250 e. The van der Waals surface area contributed by atoms with Crippen molar-refractivity contribution in [1.82, 2.24) is 4.57 Å². The first-order valence-corrected chi connectivity index (χ1v) is 8.19. The van der Waals surface area contributed by atoms with E-state index in [1.165, 1.54) is 4.57 Å². The molecule has 1 aromatic carbocycles. The molecule has 0 bridgehead atoms. The summed E-state index contributed by atoms with van der Waals surface area (Å²) in [7, 11) is -3.38. The monoisotopic (exact) mass is 309 g/mol. The molecule has 0 radical (unpaired) electrons. The molecular formula is C15H16FNO3S. The molecule has 21 heavy (non-hydrogen) atoms. The molecule has 0 aliphatic rings. The number of hydrogen-bond donors (Lipinski definition) is 0. The Kier molecular flexibility index (Phi) is 4.57. The second-order valence-corrected chi connectivity index (χ2v) is 6.97. The molecule has 2 rings (SSSR count). The van der Waals surface area contributed by atoms with Gasteiger partial charge in [0.1, 0.15) is 5.82 Å². The Balaban J connectivity index is 2.04. The van der Waals surface area contributed by atoms with Crippen LogP contribution >= 0.6 is 0 Å². The lowest BCUT2D eigenvalue weighted by molar-refractivity contribution is 0.566. The van der Waals surface area contributed by atoms with Crippen LogP contribution in [0.3, 0.4) is 0 Å². The fraction of sp³-hybridized carbons (Fsp3) is 0.267. The van der Waals surface area contributed by atoms with Gasteiger partial charge in [0.15, 0.2) is 9.84 Å². The maximum Gasteiger partial charge on any atom is 0.250 e. The quantitative estimate of drug-likeness (QED) is 0.850. The molecule has 0 fully saturated rings. The SMILES string of the molecule is Cc1ccc(S(=O)(=O)CCCn2cc(F)ccc2=O)cc1. The van der Waals surface area contributed by atoms with Crippen molar-refractivity contribution in [2.75, 3.05) is 5.75 Å². The van der Waals surface area contributed by atoms with Crippen molar-refractivity contribution < 1.29 is 12.8 Å². The van der Waals surface area contributed by atoms with Crippen molar-refractivity contribution in [3.63, 3.8) is 0 Å². The zero-order valence-corrected chi connectivity index (χ0v) is 12.4. The number of nitrogens with zero attached hydrogens (tertiary/aromatic N) is 1. The third-order valence-corrected chi connectivity index (χ3v) is 4.96. The molecule has 0 aliphatic carbocycles. The van der Waals surface area contributed by atoms with E-state index in [2.05, 4.69) is 0 Å². The number of benzene rings is 1. The summed E-state index contributed by atoms with van der Waals surface area (Å²) in [5.41, 5.74) is 0.643. The molecule has 0 spiro atoms. The Labute approximate surface area is 122 Å². The summed E-state index contributed by atoms with van der Waals surface area (Å²) in [6.45, 7) is 2.05. The average Bonchev–Trinajstić information content (AvgIpc) is 2.43. The fourth-order valence-electron chi connectivity index (χ4n) is 1.97. The van der Waals surface area contributed by atoms with E-state index in [0.29, 0.717) is 0 Å². The van der Waals surface area contributed by atoms with Gasteiger partial charge in [0, 0.05) is 18.8 Å². The molecular weight excluding hydrogens is 293 g/mol. The van der Waals surface area contributed by atoms with Crippen molar-refractivity contribution in [3.05, 3.63) is 64.3 Å². The summed E-state index contributed by atoms with van der Waals surface area (Å²) in [4.78, 5) is 11.7. The van der Waals surface area contributed by atoms with Crippen LogP contribution in [0.25, 0.3) is 0 Å². The first kappa shape index (κ1) is 15.4. The van der Waals surface area contributed by atoms with Gasteiger partial charge in [-0.1, -0.05) is 17.7 Å². The fourth-order valence-corrected chi connectivity index (χ4v) is 3.26. The minimum absolute atomic E-state index is 0.0843. The maximum absolute atomic E-state index is 13.0. The summed E-state index contributed by atoms with van der Waals surface area (Å²) in [5.74, 6) is -0.602. The maximum atomic E-state index is 13.0. The lowest BCUT2D eigenvalue weighted by atomic mass is 10.2. The minimum Gasteiger partial charge on any atom is -0.313 e. The molecule has 0 unspecified atom stereocenters. The van der Waals surface area contributed by atoms with Gasteiger partial charge in [-0.05, 0) is 31.5 Å². The van der Waals surface area contributed by atoms with Gasteiger partial charge in [0.25, 0.3) is 5.56 Å². The Bertz CT molecular complexity index is 779. The van der Waals surface area contributed by atoms with Crippen LogP contribution in [-0.2, 0) is 16.4 Å². The number of aromatic nitrogens is 1. The van der Waals surface area contributed by atoms with E-state index in [9.17, 15) is 17.6 Å². The number of rotatable bonds is 5. The van der Waals surface area contributed by atoms with Crippen LogP contribution in [0, 0.1) is 12.7 Å². The van der Waals surface area contributed by atoms with E-state index in [0.717, 1.165) is 23.9 Å². The van der Waals surface area contributed by atoms with Crippen LogP contribution in [0.15, 0.2) is 52.3 Å².